The monoisotopic (exact) mass is 220 g/mol. The summed E-state index contributed by atoms with van der Waals surface area (Å²) in [7, 11) is 0. The average molecular weight is 220 g/mol. The summed E-state index contributed by atoms with van der Waals surface area (Å²) in [5, 5.41) is 12.4. The molecule has 0 amide bonds. The van der Waals surface area contributed by atoms with Crippen molar-refractivity contribution in [2.75, 3.05) is 6.54 Å². The number of fused-ring (bicyclic) bond motifs is 1. The first-order valence-corrected chi connectivity index (χ1v) is 6.37. The summed E-state index contributed by atoms with van der Waals surface area (Å²) in [4.78, 5) is 0. The van der Waals surface area contributed by atoms with Crippen LogP contribution in [0.15, 0.2) is 0 Å². The average Bonchev–Trinajstić information content (AvgIpc) is 2.84. The van der Waals surface area contributed by atoms with Gasteiger partial charge in [-0.2, -0.15) is 0 Å². The molecule has 0 spiro atoms. The van der Waals surface area contributed by atoms with Crippen LogP contribution in [0.25, 0.3) is 0 Å². The molecule has 3 rings (SSSR count). The second kappa shape index (κ2) is 3.55. The second-order valence-corrected chi connectivity index (χ2v) is 5.55. The van der Waals surface area contributed by atoms with E-state index < -0.39 is 0 Å². The fraction of sp³-hybridized carbons (Fsp3) is 0.833. The van der Waals surface area contributed by atoms with E-state index in [1.807, 2.05) is 0 Å². The van der Waals surface area contributed by atoms with Crippen molar-refractivity contribution < 1.29 is 0 Å². The van der Waals surface area contributed by atoms with Gasteiger partial charge in [-0.25, -0.2) is 0 Å². The zero-order valence-corrected chi connectivity index (χ0v) is 10.2. The molecule has 0 bridgehead atoms. The minimum absolute atomic E-state index is 0.0613. The van der Waals surface area contributed by atoms with Crippen LogP contribution in [-0.4, -0.2) is 21.3 Å². The molecule has 3 heterocycles. The summed E-state index contributed by atoms with van der Waals surface area (Å²) in [6, 6.07) is 0. The standard InChI is InChI=1S/C12H20N4/c1-9-4-7-16-10(8-9)14-15-11(16)12(2)5-3-6-13-12/h9,13H,3-8H2,1-2H3. The van der Waals surface area contributed by atoms with Crippen LogP contribution in [0.3, 0.4) is 0 Å². The third kappa shape index (κ3) is 1.47. The highest BCUT2D eigenvalue weighted by atomic mass is 15.3. The fourth-order valence-electron chi connectivity index (χ4n) is 2.98. The highest BCUT2D eigenvalue weighted by Crippen LogP contribution is 2.31. The van der Waals surface area contributed by atoms with Gasteiger partial charge in [-0.05, 0) is 38.6 Å². The van der Waals surface area contributed by atoms with E-state index in [1.54, 1.807) is 0 Å². The first-order valence-electron chi connectivity index (χ1n) is 6.37. The Hall–Kier alpha value is -0.900. The van der Waals surface area contributed by atoms with Gasteiger partial charge in [-0.1, -0.05) is 6.92 Å². The van der Waals surface area contributed by atoms with Crippen LogP contribution < -0.4 is 5.32 Å². The van der Waals surface area contributed by atoms with Crippen LogP contribution in [0.4, 0.5) is 0 Å². The van der Waals surface area contributed by atoms with Gasteiger partial charge in [-0.15, -0.1) is 10.2 Å². The van der Waals surface area contributed by atoms with E-state index in [-0.39, 0.29) is 5.54 Å². The highest BCUT2D eigenvalue weighted by molar-refractivity contribution is 5.11. The molecule has 0 saturated carbocycles. The van der Waals surface area contributed by atoms with E-state index in [4.69, 9.17) is 0 Å². The van der Waals surface area contributed by atoms with Crippen LogP contribution in [0.5, 0.6) is 0 Å². The number of hydrogen-bond acceptors (Lipinski definition) is 3. The topological polar surface area (TPSA) is 42.7 Å². The van der Waals surface area contributed by atoms with Crippen molar-refractivity contribution >= 4 is 0 Å². The first kappa shape index (κ1) is 10.3. The van der Waals surface area contributed by atoms with Crippen LogP contribution in [0, 0.1) is 5.92 Å². The molecule has 0 aliphatic carbocycles. The molecule has 1 aromatic rings. The van der Waals surface area contributed by atoms with Gasteiger partial charge in [0.2, 0.25) is 0 Å². The lowest BCUT2D eigenvalue weighted by Gasteiger charge is -2.27. The highest BCUT2D eigenvalue weighted by Gasteiger charge is 2.36. The van der Waals surface area contributed by atoms with Crippen molar-refractivity contribution in [3.63, 3.8) is 0 Å². The van der Waals surface area contributed by atoms with E-state index in [1.165, 1.54) is 25.1 Å². The van der Waals surface area contributed by atoms with Gasteiger partial charge in [0.25, 0.3) is 0 Å². The van der Waals surface area contributed by atoms with Crippen molar-refractivity contribution in [2.45, 2.75) is 51.6 Å². The van der Waals surface area contributed by atoms with E-state index in [2.05, 4.69) is 33.9 Å². The van der Waals surface area contributed by atoms with Crippen LogP contribution in [-0.2, 0) is 18.5 Å². The summed E-state index contributed by atoms with van der Waals surface area (Å²) in [6.45, 7) is 6.76. The lowest BCUT2D eigenvalue weighted by molar-refractivity contribution is 0.348. The third-order valence-electron chi connectivity index (χ3n) is 4.07. The minimum Gasteiger partial charge on any atom is -0.313 e. The van der Waals surface area contributed by atoms with E-state index >= 15 is 0 Å². The lowest BCUT2D eigenvalue weighted by atomic mass is 9.96. The van der Waals surface area contributed by atoms with E-state index in [0.29, 0.717) is 0 Å². The minimum atomic E-state index is 0.0613. The van der Waals surface area contributed by atoms with Crippen molar-refractivity contribution in [1.29, 1.82) is 0 Å². The fourth-order valence-corrected chi connectivity index (χ4v) is 2.98. The maximum Gasteiger partial charge on any atom is 0.153 e. The Morgan fingerprint density at radius 2 is 2.31 bits per heavy atom. The molecule has 88 valence electrons. The van der Waals surface area contributed by atoms with E-state index in [9.17, 15) is 0 Å². The largest absolute Gasteiger partial charge is 0.313 e. The Bertz CT molecular complexity index is 390. The molecule has 2 unspecified atom stereocenters. The van der Waals surface area contributed by atoms with Crippen molar-refractivity contribution in [3.8, 4) is 0 Å². The summed E-state index contributed by atoms with van der Waals surface area (Å²) in [5.41, 5.74) is 0.0613. The molecule has 0 radical (unpaired) electrons. The Kier molecular flexibility index (Phi) is 2.28. The van der Waals surface area contributed by atoms with Crippen LogP contribution in [0.1, 0.15) is 44.8 Å². The lowest BCUT2D eigenvalue weighted by Crippen LogP contribution is -2.37. The van der Waals surface area contributed by atoms with Crippen molar-refractivity contribution in [2.24, 2.45) is 5.92 Å². The molecule has 4 nitrogen and oxygen atoms in total. The summed E-state index contributed by atoms with van der Waals surface area (Å²) in [6.07, 6.45) is 4.77. The number of aromatic nitrogens is 3. The van der Waals surface area contributed by atoms with Gasteiger partial charge < -0.3 is 9.88 Å². The third-order valence-corrected chi connectivity index (χ3v) is 4.07. The molecule has 1 saturated heterocycles. The van der Waals surface area contributed by atoms with Gasteiger partial charge in [0.15, 0.2) is 5.82 Å². The van der Waals surface area contributed by atoms with Crippen LogP contribution in [0.2, 0.25) is 0 Å². The molecule has 0 aromatic carbocycles. The number of hydrogen-bond donors (Lipinski definition) is 1. The zero-order valence-electron chi connectivity index (χ0n) is 10.2. The molecular formula is C12H20N4. The molecule has 1 aromatic heterocycles. The maximum atomic E-state index is 4.44. The maximum absolute atomic E-state index is 4.44. The summed E-state index contributed by atoms with van der Waals surface area (Å²) < 4.78 is 2.35. The smallest absolute Gasteiger partial charge is 0.153 e. The molecular weight excluding hydrogens is 200 g/mol. The van der Waals surface area contributed by atoms with E-state index in [0.717, 1.165) is 31.3 Å². The van der Waals surface area contributed by atoms with Gasteiger partial charge >= 0.3 is 0 Å². The predicted molar refractivity (Wildman–Crippen MR) is 62.1 cm³/mol. The quantitative estimate of drug-likeness (QED) is 0.779. The molecule has 1 fully saturated rings. The number of rotatable bonds is 1. The van der Waals surface area contributed by atoms with Gasteiger partial charge in [0, 0.05) is 13.0 Å². The first-order chi connectivity index (χ1) is 7.69. The van der Waals surface area contributed by atoms with Gasteiger partial charge in [-0.3, -0.25) is 0 Å². The van der Waals surface area contributed by atoms with Crippen molar-refractivity contribution in [1.82, 2.24) is 20.1 Å². The Balaban J connectivity index is 1.97. The second-order valence-electron chi connectivity index (χ2n) is 5.55. The molecule has 16 heavy (non-hydrogen) atoms. The number of nitrogens with one attached hydrogen (secondary N) is 1. The summed E-state index contributed by atoms with van der Waals surface area (Å²) >= 11 is 0. The Labute approximate surface area is 96.4 Å². The normalized spacial score (nSPS) is 34.0. The molecule has 1 N–H and O–H groups in total. The molecule has 2 atom stereocenters. The molecule has 2 aliphatic heterocycles. The SMILES string of the molecule is CC1CCn2c(nnc2C2(C)CCCN2)C1. The number of nitrogens with zero attached hydrogens (tertiary/aromatic N) is 3. The zero-order chi connectivity index (χ0) is 11.2. The Morgan fingerprint density at radius 1 is 1.44 bits per heavy atom. The van der Waals surface area contributed by atoms with Crippen LogP contribution >= 0.6 is 0 Å². The van der Waals surface area contributed by atoms with Gasteiger partial charge in [0.1, 0.15) is 5.82 Å². The molecule has 4 heteroatoms. The predicted octanol–water partition coefficient (Wildman–Crippen LogP) is 1.46. The summed E-state index contributed by atoms with van der Waals surface area (Å²) in [5.74, 6) is 3.10. The molecule has 2 aliphatic rings. The Morgan fingerprint density at radius 3 is 3.06 bits per heavy atom. The van der Waals surface area contributed by atoms with Crippen molar-refractivity contribution in [3.05, 3.63) is 11.6 Å². The van der Waals surface area contributed by atoms with Gasteiger partial charge in [0.05, 0.1) is 5.54 Å².